The van der Waals surface area contributed by atoms with E-state index in [4.69, 9.17) is 16.3 Å². The first-order valence-corrected chi connectivity index (χ1v) is 14.2. The van der Waals surface area contributed by atoms with Crippen LogP contribution >= 0.6 is 11.6 Å². The van der Waals surface area contributed by atoms with Gasteiger partial charge in [0.1, 0.15) is 17.3 Å². The van der Waals surface area contributed by atoms with Gasteiger partial charge in [-0.3, -0.25) is 14.4 Å². The van der Waals surface area contributed by atoms with Gasteiger partial charge in [-0.2, -0.15) is 0 Å². The second kappa shape index (κ2) is 13.6. The van der Waals surface area contributed by atoms with Crippen molar-refractivity contribution in [1.29, 1.82) is 0 Å². The number of aromatic nitrogens is 3. The molecular formula is C31H31ClN6O5. The number of pyridine rings is 1. The molecule has 2 aromatic carbocycles. The fraction of sp³-hybridized carbons (Fsp3) is 0.258. The van der Waals surface area contributed by atoms with Gasteiger partial charge in [0.15, 0.2) is 0 Å². The van der Waals surface area contributed by atoms with Gasteiger partial charge in [-0.15, -0.1) is 0 Å². The Balaban J connectivity index is 1.25. The van der Waals surface area contributed by atoms with Gasteiger partial charge in [0, 0.05) is 49.4 Å². The molecule has 222 valence electrons. The molecule has 1 saturated heterocycles. The molecule has 0 radical (unpaired) electrons. The van der Waals surface area contributed by atoms with Crippen molar-refractivity contribution in [2.45, 2.75) is 25.5 Å². The average molecular weight is 603 g/mol. The minimum Gasteiger partial charge on any atom is -0.506 e. The van der Waals surface area contributed by atoms with E-state index >= 15 is 0 Å². The number of likely N-dealkylation sites (tertiary alicyclic amines) is 1. The molecule has 2 amide bonds. The van der Waals surface area contributed by atoms with Gasteiger partial charge < -0.3 is 29.9 Å². The molecular weight excluding hydrogens is 572 g/mol. The molecule has 1 aliphatic heterocycles. The van der Waals surface area contributed by atoms with Crippen LogP contribution in [0.25, 0.3) is 11.3 Å². The van der Waals surface area contributed by atoms with E-state index in [0.717, 1.165) is 25.9 Å². The Kier molecular flexibility index (Phi) is 9.45. The predicted octanol–water partition coefficient (Wildman–Crippen LogP) is 4.28. The van der Waals surface area contributed by atoms with E-state index < -0.39 is 11.8 Å². The quantitative estimate of drug-likeness (QED) is 0.241. The Labute approximate surface area is 253 Å². The van der Waals surface area contributed by atoms with E-state index in [9.17, 15) is 19.5 Å². The Bertz CT molecular complexity index is 1650. The molecule has 0 aliphatic carbocycles. The van der Waals surface area contributed by atoms with E-state index in [1.54, 1.807) is 47.3 Å². The summed E-state index contributed by atoms with van der Waals surface area (Å²) in [6.45, 7) is 2.84. The first-order valence-electron chi connectivity index (χ1n) is 13.8. The number of benzene rings is 2. The largest absolute Gasteiger partial charge is 0.506 e. The number of amides is 2. The van der Waals surface area contributed by atoms with Crippen molar-refractivity contribution >= 4 is 34.9 Å². The summed E-state index contributed by atoms with van der Waals surface area (Å²) in [5.41, 5.74) is 0.773. The molecule has 0 bridgehead atoms. The van der Waals surface area contributed by atoms with Crippen LogP contribution in [0, 0.1) is 0 Å². The molecule has 43 heavy (non-hydrogen) atoms. The van der Waals surface area contributed by atoms with Crippen molar-refractivity contribution in [1.82, 2.24) is 19.4 Å². The highest BCUT2D eigenvalue weighted by Crippen LogP contribution is 2.29. The lowest BCUT2D eigenvalue weighted by molar-refractivity contribution is 0.00857. The summed E-state index contributed by atoms with van der Waals surface area (Å²) in [6, 6.07) is 13.8. The number of nitrogens with zero attached hydrogens (tertiary/aromatic N) is 4. The maximum atomic E-state index is 13.1. The molecule has 4 aromatic rings. The summed E-state index contributed by atoms with van der Waals surface area (Å²) in [7, 11) is 2.10. The second-order valence-electron chi connectivity index (χ2n) is 10.2. The molecule has 0 saturated carbocycles. The van der Waals surface area contributed by atoms with Gasteiger partial charge in [0.25, 0.3) is 17.4 Å². The predicted molar refractivity (Wildman–Crippen MR) is 164 cm³/mol. The minimum atomic E-state index is -0.584. The summed E-state index contributed by atoms with van der Waals surface area (Å²) < 4.78 is 7.56. The number of phenolic OH excluding ortho intramolecular Hbond substituents is 1. The van der Waals surface area contributed by atoms with Crippen molar-refractivity contribution in [2.75, 3.05) is 37.4 Å². The van der Waals surface area contributed by atoms with Crippen LogP contribution in [0.4, 0.5) is 11.5 Å². The lowest BCUT2D eigenvalue weighted by Crippen LogP contribution is -2.35. The lowest BCUT2D eigenvalue weighted by Gasteiger charge is -2.28. The first-order chi connectivity index (χ1) is 20.8. The molecule has 0 unspecified atom stereocenters. The molecule has 1 aliphatic rings. The number of phenols is 1. The normalized spacial score (nSPS) is 13.9. The Morgan fingerprint density at radius 3 is 2.51 bits per heavy atom. The van der Waals surface area contributed by atoms with Gasteiger partial charge in [-0.05, 0) is 56.3 Å². The molecule has 2 aromatic heterocycles. The molecule has 5 rings (SSSR count). The topological polar surface area (TPSA) is 139 Å². The number of hydrogen-bond acceptors (Lipinski definition) is 8. The van der Waals surface area contributed by atoms with E-state index in [-0.39, 0.29) is 45.7 Å². The number of hydrogen-bond donors (Lipinski definition) is 3. The molecule has 1 fully saturated rings. The standard InChI is InChI=1S/C31H31ClN6O5/c1-37-14-11-23(12-15-37)43-18-17-38-16-13-33-27(31(38)42)20-5-7-21(8-6-20)29(40)36-28-24(3-2-4-25(28)39)30(41)35-26-10-9-22(32)19-34-26/h2-10,13,16,19,23,39H,11-12,14-15,17-18H2,1H3,(H,36,40)(H,34,35,41). The number of halogens is 1. The van der Waals surface area contributed by atoms with Gasteiger partial charge in [0.2, 0.25) is 0 Å². The number of piperidine rings is 1. The van der Waals surface area contributed by atoms with Crippen molar-refractivity contribution in [3.8, 4) is 17.0 Å². The maximum absolute atomic E-state index is 13.1. The zero-order chi connectivity index (χ0) is 30.3. The van der Waals surface area contributed by atoms with Gasteiger partial charge >= 0.3 is 0 Å². The SMILES string of the molecule is CN1CCC(OCCn2ccnc(-c3ccc(C(=O)Nc4c(O)cccc4C(=O)Nc4ccc(Cl)cn4)cc3)c2=O)CC1. The van der Waals surface area contributed by atoms with Crippen molar-refractivity contribution in [2.24, 2.45) is 0 Å². The van der Waals surface area contributed by atoms with E-state index in [1.165, 1.54) is 30.5 Å². The van der Waals surface area contributed by atoms with Crippen LogP contribution in [0.5, 0.6) is 5.75 Å². The van der Waals surface area contributed by atoms with Crippen LogP contribution in [0.2, 0.25) is 5.02 Å². The number of para-hydroxylation sites is 1. The van der Waals surface area contributed by atoms with Gasteiger partial charge in [-0.1, -0.05) is 29.8 Å². The van der Waals surface area contributed by atoms with Crippen molar-refractivity contribution in [3.05, 3.63) is 99.7 Å². The van der Waals surface area contributed by atoms with E-state index in [0.29, 0.717) is 23.7 Å². The third kappa shape index (κ3) is 7.44. The fourth-order valence-corrected chi connectivity index (χ4v) is 4.86. The highest BCUT2D eigenvalue weighted by atomic mass is 35.5. The Morgan fingerprint density at radius 1 is 1.02 bits per heavy atom. The van der Waals surface area contributed by atoms with Crippen LogP contribution in [0.15, 0.2) is 78.0 Å². The van der Waals surface area contributed by atoms with Crippen LogP contribution in [0.3, 0.4) is 0 Å². The third-order valence-corrected chi connectivity index (χ3v) is 7.40. The average Bonchev–Trinajstić information content (AvgIpc) is 3.01. The van der Waals surface area contributed by atoms with Crippen LogP contribution in [-0.4, -0.2) is 69.2 Å². The number of carbonyl (C=O) groups excluding carboxylic acids is 2. The summed E-state index contributed by atoms with van der Waals surface area (Å²) in [4.78, 5) is 49.7. The number of anilines is 2. The van der Waals surface area contributed by atoms with Gasteiger partial charge in [-0.25, -0.2) is 9.97 Å². The maximum Gasteiger partial charge on any atom is 0.277 e. The smallest absolute Gasteiger partial charge is 0.277 e. The Morgan fingerprint density at radius 2 is 1.79 bits per heavy atom. The summed E-state index contributed by atoms with van der Waals surface area (Å²) in [5.74, 6) is -1.17. The monoisotopic (exact) mass is 602 g/mol. The second-order valence-corrected chi connectivity index (χ2v) is 10.6. The highest BCUT2D eigenvalue weighted by Gasteiger charge is 2.20. The van der Waals surface area contributed by atoms with E-state index in [2.05, 4.69) is 32.5 Å². The Hall–Kier alpha value is -4.58. The number of nitrogens with one attached hydrogen (secondary N) is 2. The molecule has 3 heterocycles. The van der Waals surface area contributed by atoms with Crippen molar-refractivity contribution in [3.63, 3.8) is 0 Å². The minimum absolute atomic E-state index is 0.0376. The zero-order valence-corrected chi connectivity index (χ0v) is 24.3. The number of ether oxygens (including phenoxy) is 1. The van der Waals surface area contributed by atoms with Crippen LogP contribution < -0.4 is 16.2 Å². The highest BCUT2D eigenvalue weighted by molar-refractivity contribution is 6.30. The molecule has 11 nitrogen and oxygen atoms in total. The first kappa shape index (κ1) is 29.9. The van der Waals surface area contributed by atoms with Gasteiger partial charge in [0.05, 0.1) is 29.0 Å². The van der Waals surface area contributed by atoms with Crippen LogP contribution in [0.1, 0.15) is 33.6 Å². The van der Waals surface area contributed by atoms with Crippen LogP contribution in [-0.2, 0) is 11.3 Å². The fourth-order valence-electron chi connectivity index (χ4n) is 4.75. The summed E-state index contributed by atoms with van der Waals surface area (Å²) in [6.07, 6.45) is 6.75. The summed E-state index contributed by atoms with van der Waals surface area (Å²) >= 11 is 5.85. The number of carbonyl (C=O) groups is 2. The lowest BCUT2D eigenvalue weighted by atomic mass is 10.1. The zero-order valence-electron chi connectivity index (χ0n) is 23.5. The third-order valence-electron chi connectivity index (χ3n) is 7.18. The van der Waals surface area contributed by atoms with Crippen molar-refractivity contribution < 1.29 is 19.4 Å². The number of rotatable bonds is 9. The number of aromatic hydroxyl groups is 1. The molecule has 0 spiro atoms. The molecule has 3 N–H and O–H groups in total. The summed E-state index contributed by atoms with van der Waals surface area (Å²) in [5, 5.41) is 16.1. The molecule has 12 heteroatoms. The molecule has 0 atom stereocenters. The van der Waals surface area contributed by atoms with E-state index in [1.807, 2.05) is 0 Å².